The first-order valence-electron chi connectivity index (χ1n) is 6.57. The van der Waals surface area contributed by atoms with Crippen molar-refractivity contribution in [2.24, 2.45) is 34.6 Å². The summed E-state index contributed by atoms with van der Waals surface area (Å²) in [6, 6.07) is 0. The van der Waals surface area contributed by atoms with Crippen LogP contribution in [0.3, 0.4) is 0 Å². The molecule has 1 saturated heterocycles. The predicted octanol–water partition coefficient (Wildman–Crippen LogP) is -0.868. The van der Waals surface area contributed by atoms with E-state index in [4.69, 9.17) is 38.1 Å². The summed E-state index contributed by atoms with van der Waals surface area (Å²) in [5.41, 5.74) is 26.7. The molecule has 0 aromatic rings. The molecule has 7 heteroatoms. The van der Waals surface area contributed by atoms with Crippen molar-refractivity contribution in [2.45, 2.75) is 50.7 Å². The van der Waals surface area contributed by atoms with Crippen molar-refractivity contribution in [3.05, 3.63) is 23.4 Å². The standard InChI is InChI=1S/C13H25N5O2/c1-11(2)12(3,4)20-8-6(5-7(8)19-11)13(17,18)9(14)10(15)16/h5-6,8H,14-18H2,1-4H3. The molecular weight excluding hydrogens is 258 g/mol. The first-order valence-corrected chi connectivity index (χ1v) is 6.57. The second-order valence-electron chi connectivity index (χ2n) is 6.56. The van der Waals surface area contributed by atoms with Gasteiger partial charge in [-0.05, 0) is 33.8 Å². The van der Waals surface area contributed by atoms with Gasteiger partial charge in [0.15, 0.2) is 0 Å². The van der Waals surface area contributed by atoms with Crippen LogP contribution in [0.4, 0.5) is 0 Å². The van der Waals surface area contributed by atoms with E-state index in [0.29, 0.717) is 0 Å². The van der Waals surface area contributed by atoms with Gasteiger partial charge >= 0.3 is 0 Å². The van der Waals surface area contributed by atoms with Crippen LogP contribution in [-0.4, -0.2) is 23.0 Å². The monoisotopic (exact) mass is 283 g/mol. The molecule has 2 rings (SSSR count). The molecule has 2 unspecified atom stereocenters. The van der Waals surface area contributed by atoms with Gasteiger partial charge < -0.3 is 38.1 Å². The minimum atomic E-state index is -1.37. The van der Waals surface area contributed by atoms with Crippen LogP contribution in [0.15, 0.2) is 23.4 Å². The van der Waals surface area contributed by atoms with Gasteiger partial charge in [-0.3, -0.25) is 0 Å². The van der Waals surface area contributed by atoms with Gasteiger partial charge in [0.2, 0.25) is 0 Å². The van der Waals surface area contributed by atoms with E-state index in [1.54, 1.807) is 0 Å². The lowest BCUT2D eigenvalue weighted by molar-refractivity contribution is -0.253. The maximum absolute atomic E-state index is 6.10. The third-order valence-corrected chi connectivity index (χ3v) is 4.52. The van der Waals surface area contributed by atoms with Gasteiger partial charge in [-0.15, -0.1) is 0 Å². The van der Waals surface area contributed by atoms with E-state index in [1.807, 2.05) is 33.8 Å². The first kappa shape index (κ1) is 15.0. The Morgan fingerprint density at radius 1 is 1.10 bits per heavy atom. The molecule has 2 atom stereocenters. The zero-order valence-electron chi connectivity index (χ0n) is 12.4. The van der Waals surface area contributed by atoms with Crippen molar-refractivity contribution >= 4 is 0 Å². The average molecular weight is 283 g/mol. The van der Waals surface area contributed by atoms with Crippen molar-refractivity contribution in [1.29, 1.82) is 0 Å². The molecule has 0 amide bonds. The molecule has 2 aliphatic rings. The lowest BCUT2D eigenvalue weighted by atomic mass is 9.74. The van der Waals surface area contributed by atoms with Gasteiger partial charge in [0.25, 0.3) is 0 Å². The molecule has 1 aliphatic carbocycles. The Morgan fingerprint density at radius 3 is 2.15 bits per heavy atom. The predicted molar refractivity (Wildman–Crippen MR) is 76.4 cm³/mol. The summed E-state index contributed by atoms with van der Waals surface area (Å²) in [6.45, 7) is 7.87. The van der Waals surface area contributed by atoms with Crippen LogP contribution in [0.5, 0.6) is 0 Å². The van der Waals surface area contributed by atoms with Crippen LogP contribution in [0.2, 0.25) is 0 Å². The summed E-state index contributed by atoms with van der Waals surface area (Å²) >= 11 is 0. The smallest absolute Gasteiger partial charge is 0.131 e. The summed E-state index contributed by atoms with van der Waals surface area (Å²) in [5, 5.41) is 0. The highest BCUT2D eigenvalue weighted by Crippen LogP contribution is 2.48. The Labute approximate surface area is 119 Å². The highest BCUT2D eigenvalue weighted by molar-refractivity contribution is 5.33. The minimum absolute atomic E-state index is 0.0593. The number of ether oxygens (including phenoxy) is 2. The van der Waals surface area contributed by atoms with Crippen LogP contribution in [0.1, 0.15) is 27.7 Å². The first-order chi connectivity index (χ1) is 8.90. The largest absolute Gasteiger partial charge is 0.487 e. The van der Waals surface area contributed by atoms with Crippen molar-refractivity contribution in [1.82, 2.24) is 0 Å². The molecule has 7 nitrogen and oxygen atoms in total. The number of fused-ring (bicyclic) bond motifs is 1. The van der Waals surface area contributed by atoms with Gasteiger partial charge in [-0.25, -0.2) is 0 Å². The molecule has 0 spiro atoms. The summed E-state index contributed by atoms with van der Waals surface area (Å²) in [6.07, 6.45) is 1.48. The highest BCUT2D eigenvalue weighted by Gasteiger charge is 2.57. The molecule has 10 N–H and O–H groups in total. The third-order valence-electron chi connectivity index (χ3n) is 4.52. The third kappa shape index (κ3) is 1.93. The zero-order chi connectivity index (χ0) is 15.5. The lowest BCUT2D eigenvalue weighted by Gasteiger charge is -2.56. The molecule has 0 aromatic carbocycles. The quantitative estimate of drug-likeness (QED) is 0.414. The molecule has 0 saturated carbocycles. The average Bonchev–Trinajstić information content (AvgIpc) is 2.28. The molecule has 0 radical (unpaired) electrons. The van der Waals surface area contributed by atoms with Gasteiger partial charge in [0.1, 0.15) is 34.5 Å². The highest BCUT2D eigenvalue weighted by atomic mass is 16.6. The molecule has 114 valence electrons. The summed E-state index contributed by atoms with van der Waals surface area (Å²) < 4.78 is 12.1. The van der Waals surface area contributed by atoms with Crippen molar-refractivity contribution in [3.63, 3.8) is 0 Å². The Hall–Kier alpha value is -1.44. The fourth-order valence-electron chi connectivity index (χ4n) is 2.34. The van der Waals surface area contributed by atoms with Crippen LogP contribution in [-0.2, 0) is 9.47 Å². The van der Waals surface area contributed by atoms with Crippen LogP contribution >= 0.6 is 0 Å². The number of hydrogen-bond donors (Lipinski definition) is 5. The van der Waals surface area contributed by atoms with Crippen molar-refractivity contribution in [2.75, 3.05) is 0 Å². The summed E-state index contributed by atoms with van der Waals surface area (Å²) in [7, 11) is 0. The van der Waals surface area contributed by atoms with E-state index in [9.17, 15) is 0 Å². The zero-order valence-corrected chi connectivity index (χ0v) is 12.4. The van der Waals surface area contributed by atoms with Crippen LogP contribution < -0.4 is 28.7 Å². The van der Waals surface area contributed by atoms with Crippen molar-refractivity contribution < 1.29 is 9.47 Å². The molecule has 1 fully saturated rings. The topological polar surface area (TPSA) is 149 Å². The maximum atomic E-state index is 6.10. The van der Waals surface area contributed by atoms with E-state index in [-0.39, 0.29) is 23.5 Å². The lowest BCUT2D eigenvalue weighted by Crippen LogP contribution is -2.69. The van der Waals surface area contributed by atoms with E-state index in [0.717, 1.165) is 5.76 Å². The fraction of sp³-hybridized carbons (Fsp3) is 0.692. The molecule has 1 aliphatic heterocycles. The molecule has 20 heavy (non-hydrogen) atoms. The van der Waals surface area contributed by atoms with Gasteiger partial charge in [0.05, 0.1) is 11.6 Å². The Balaban J connectivity index is 2.30. The van der Waals surface area contributed by atoms with Gasteiger partial charge in [-0.1, -0.05) is 0 Å². The van der Waals surface area contributed by atoms with E-state index >= 15 is 0 Å². The van der Waals surface area contributed by atoms with Gasteiger partial charge in [0, 0.05) is 0 Å². The molecule has 1 heterocycles. The second kappa shape index (κ2) is 4.03. The van der Waals surface area contributed by atoms with Gasteiger partial charge in [-0.2, -0.15) is 0 Å². The Morgan fingerprint density at radius 2 is 1.65 bits per heavy atom. The SMILES string of the molecule is CC1(C)OC2=CC(C(N)(N)C(N)=C(N)N)C2OC1(C)C. The maximum Gasteiger partial charge on any atom is 0.131 e. The normalized spacial score (nSPS) is 30.4. The molecule has 0 bridgehead atoms. The second-order valence-corrected chi connectivity index (χ2v) is 6.56. The van der Waals surface area contributed by atoms with Crippen LogP contribution in [0, 0.1) is 5.92 Å². The minimum Gasteiger partial charge on any atom is -0.487 e. The molecular formula is C13H25N5O2. The van der Waals surface area contributed by atoms with Crippen molar-refractivity contribution in [3.8, 4) is 0 Å². The Kier molecular flexibility index (Phi) is 3.02. The van der Waals surface area contributed by atoms with E-state index in [1.165, 1.54) is 0 Å². The van der Waals surface area contributed by atoms with E-state index < -0.39 is 16.9 Å². The van der Waals surface area contributed by atoms with Crippen LogP contribution in [0.25, 0.3) is 0 Å². The molecule has 0 aromatic heterocycles. The number of rotatable bonds is 2. The Bertz CT molecular complexity index is 489. The van der Waals surface area contributed by atoms with E-state index in [2.05, 4.69) is 0 Å². The number of hydrogen-bond acceptors (Lipinski definition) is 7. The summed E-state index contributed by atoms with van der Waals surface area (Å²) in [5.74, 6) is 0.311. The fourth-order valence-corrected chi connectivity index (χ4v) is 2.34. The number of nitrogens with two attached hydrogens (primary N) is 5. The summed E-state index contributed by atoms with van der Waals surface area (Å²) in [4.78, 5) is 0.